The summed E-state index contributed by atoms with van der Waals surface area (Å²) in [6.45, 7) is 0.642. The molecular formula is C15H12Br2N2O. The highest BCUT2D eigenvalue weighted by atomic mass is 79.9. The maximum Gasteiger partial charge on any atom is 0.136 e. The van der Waals surface area contributed by atoms with Gasteiger partial charge in [-0.25, -0.2) is 0 Å². The first-order valence-corrected chi connectivity index (χ1v) is 7.49. The minimum absolute atomic E-state index is 0.540. The second-order valence-corrected chi connectivity index (χ2v) is 5.81. The van der Waals surface area contributed by atoms with Gasteiger partial charge in [0.25, 0.3) is 0 Å². The van der Waals surface area contributed by atoms with Crippen LogP contribution in [0.2, 0.25) is 0 Å². The number of para-hydroxylation sites is 1. The topological polar surface area (TPSA) is 45.0 Å². The molecule has 0 radical (unpaired) electrons. The van der Waals surface area contributed by atoms with Crippen molar-refractivity contribution in [1.82, 2.24) is 0 Å². The van der Waals surface area contributed by atoms with Crippen LogP contribution < -0.4 is 10.1 Å². The van der Waals surface area contributed by atoms with Gasteiger partial charge in [0.2, 0.25) is 0 Å². The molecule has 102 valence electrons. The Morgan fingerprint density at radius 1 is 1.20 bits per heavy atom. The van der Waals surface area contributed by atoms with E-state index < -0.39 is 0 Å². The number of benzene rings is 2. The summed E-state index contributed by atoms with van der Waals surface area (Å²) in [4.78, 5) is 0. The Balaban J connectivity index is 2.18. The van der Waals surface area contributed by atoms with Crippen molar-refractivity contribution in [3.8, 4) is 11.8 Å². The van der Waals surface area contributed by atoms with Gasteiger partial charge < -0.3 is 10.1 Å². The van der Waals surface area contributed by atoms with Gasteiger partial charge in [-0.1, -0.05) is 12.1 Å². The molecule has 0 spiro atoms. The molecule has 0 amide bonds. The van der Waals surface area contributed by atoms with Crippen LogP contribution in [-0.2, 0) is 6.54 Å². The molecule has 0 saturated heterocycles. The third kappa shape index (κ3) is 3.33. The Morgan fingerprint density at radius 3 is 2.50 bits per heavy atom. The molecule has 2 aromatic carbocycles. The molecule has 5 heteroatoms. The van der Waals surface area contributed by atoms with E-state index in [-0.39, 0.29) is 0 Å². The maximum absolute atomic E-state index is 8.96. The monoisotopic (exact) mass is 394 g/mol. The minimum atomic E-state index is 0.540. The Labute approximate surface area is 134 Å². The fraction of sp³-hybridized carbons (Fsp3) is 0.133. The van der Waals surface area contributed by atoms with E-state index in [0.717, 1.165) is 20.2 Å². The summed E-state index contributed by atoms with van der Waals surface area (Å²) in [6.07, 6.45) is 0. The number of hydrogen-bond acceptors (Lipinski definition) is 3. The first kappa shape index (κ1) is 14.9. The molecule has 2 rings (SSSR count). The Bertz CT molecular complexity index is 645. The molecule has 0 fully saturated rings. The summed E-state index contributed by atoms with van der Waals surface area (Å²) in [5.74, 6) is 0.595. The highest BCUT2D eigenvalue weighted by molar-refractivity contribution is 9.11. The van der Waals surface area contributed by atoms with Gasteiger partial charge in [0.05, 0.1) is 18.4 Å². The smallest absolute Gasteiger partial charge is 0.136 e. The maximum atomic E-state index is 8.96. The molecule has 0 aromatic heterocycles. The molecule has 0 aliphatic rings. The summed E-state index contributed by atoms with van der Waals surface area (Å²) in [5.41, 5.74) is 2.58. The van der Waals surface area contributed by atoms with Gasteiger partial charge in [-0.3, -0.25) is 0 Å². The van der Waals surface area contributed by atoms with Crippen molar-refractivity contribution in [2.24, 2.45) is 0 Å². The Hall–Kier alpha value is -1.51. The third-order valence-electron chi connectivity index (χ3n) is 2.82. The van der Waals surface area contributed by atoms with Crippen LogP contribution in [0.1, 0.15) is 11.1 Å². The largest absolute Gasteiger partial charge is 0.495 e. The molecule has 20 heavy (non-hydrogen) atoms. The lowest BCUT2D eigenvalue weighted by molar-refractivity contribution is 0.413. The van der Waals surface area contributed by atoms with E-state index >= 15 is 0 Å². The molecule has 0 aliphatic heterocycles. The van der Waals surface area contributed by atoms with Gasteiger partial charge in [0.1, 0.15) is 11.8 Å². The molecule has 1 N–H and O–H groups in total. The third-order valence-corrected chi connectivity index (χ3v) is 4.14. The molecule has 0 unspecified atom stereocenters. The van der Waals surface area contributed by atoms with Crippen molar-refractivity contribution < 1.29 is 4.74 Å². The summed E-state index contributed by atoms with van der Waals surface area (Å²) in [6, 6.07) is 13.6. The van der Waals surface area contributed by atoms with Gasteiger partial charge in [-0.15, -0.1) is 0 Å². The summed E-state index contributed by atoms with van der Waals surface area (Å²) in [7, 11) is 1.57. The standard InChI is InChI=1S/C15H12Br2N2O/c1-20-14-7-10(5-6-11(14)8-18)9-19-15-12(16)3-2-4-13(15)17/h2-7,19H,9H2,1H3. The molecule has 3 nitrogen and oxygen atoms in total. The average Bonchev–Trinajstić information content (AvgIpc) is 2.46. The molecule has 0 bridgehead atoms. The predicted octanol–water partition coefficient (Wildman–Crippen LogP) is 4.70. The number of anilines is 1. The number of rotatable bonds is 4. The van der Waals surface area contributed by atoms with E-state index in [1.165, 1.54) is 0 Å². The van der Waals surface area contributed by atoms with E-state index in [0.29, 0.717) is 17.9 Å². The van der Waals surface area contributed by atoms with Crippen molar-refractivity contribution in [1.29, 1.82) is 5.26 Å². The van der Waals surface area contributed by atoms with Crippen LogP contribution in [0, 0.1) is 11.3 Å². The number of nitrogens with zero attached hydrogens (tertiary/aromatic N) is 1. The zero-order valence-corrected chi connectivity index (χ0v) is 14.0. The van der Waals surface area contributed by atoms with Crippen LogP contribution in [0.15, 0.2) is 45.3 Å². The van der Waals surface area contributed by atoms with E-state index in [1.54, 1.807) is 13.2 Å². The Kier molecular flexibility index (Phi) is 5.05. The van der Waals surface area contributed by atoms with Crippen molar-refractivity contribution in [2.75, 3.05) is 12.4 Å². The lowest BCUT2D eigenvalue weighted by Crippen LogP contribution is -2.01. The Morgan fingerprint density at radius 2 is 1.90 bits per heavy atom. The van der Waals surface area contributed by atoms with Crippen LogP contribution in [0.4, 0.5) is 5.69 Å². The predicted molar refractivity (Wildman–Crippen MR) is 86.9 cm³/mol. The van der Waals surface area contributed by atoms with Crippen LogP contribution in [0.3, 0.4) is 0 Å². The zero-order chi connectivity index (χ0) is 14.5. The number of nitriles is 1. The van der Waals surface area contributed by atoms with Crippen molar-refractivity contribution in [3.05, 3.63) is 56.5 Å². The van der Waals surface area contributed by atoms with Crippen LogP contribution in [-0.4, -0.2) is 7.11 Å². The summed E-state index contributed by atoms with van der Waals surface area (Å²) in [5, 5.41) is 12.3. The van der Waals surface area contributed by atoms with Crippen molar-refractivity contribution >= 4 is 37.5 Å². The first-order valence-electron chi connectivity index (χ1n) is 5.90. The highest BCUT2D eigenvalue weighted by Gasteiger charge is 2.06. The van der Waals surface area contributed by atoms with Gasteiger partial charge in [-0.05, 0) is 61.7 Å². The van der Waals surface area contributed by atoms with Gasteiger partial charge in [0, 0.05) is 15.5 Å². The zero-order valence-electron chi connectivity index (χ0n) is 10.8. The molecule has 0 saturated carbocycles. The summed E-state index contributed by atoms with van der Waals surface area (Å²) >= 11 is 7.02. The molecular weight excluding hydrogens is 384 g/mol. The lowest BCUT2D eigenvalue weighted by Gasteiger charge is -2.12. The fourth-order valence-electron chi connectivity index (χ4n) is 1.80. The van der Waals surface area contributed by atoms with Crippen molar-refractivity contribution in [3.63, 3.8) is 0 Å². The SMILES string of the molecule is COc1cc(CNc2c(Br)cccc2Br)ccc1C#N. The molecule has 2 aromatic rings. The van der Waals surface area contributed by atoms with Crippen LogP contribution in [0.25, 0.3) is 0 Å². The van der Waals surface area contributed by atoms with E-state index in [4.69, 9.17) is 10.00 Å². The van der Waals surface area contributed by atoms with Crippen molar-refractivity contribution in [2.45, 2.75) is 6.54 Å². The highest BCUT2D eigenvalue weighted by Crippen LogP contribution is 2.31. The number of halogens is 2. The molecule has 0 atom stereocenters. The average molecular weight is 396 g/mol. The fourth-order valence-corrected chi connectivity index (χ4v) is 3.07. The minimum Gasteiger partial charge on any atom is -0.495 e. The molecule has 0 aliphatic carbocycles. The second kappa shape index (κ2) is 6.78. The molecule has 0 heterocycles. The number of hydrogen-bond donors (Lipinski definition) is 1. The quantitative estimate of drug-likeness (QED) is 0.815. The van der Waals surface area contributed by atoms with E-state index in [9.17, 15) is 0 Å². The van der Waals surface area contributed by atoms with Gasteiger partial charge in [-0.2, -0.15) is 5.26 Å². The lowest BCUT2D eigenvalue weighted by atomic mass is 10.1. The second-order valence-electron chi connectivity index (χ2n) is 4.10. The van der Waals surface area contributed by atoms with E-state index in [1.807, 2.05) is 30.3 Å². The number of methoxy groups -OCH3 is 1. The van der Waals surface area contributed by atoms with Crippen LogP contribution in [0.5, 0.6) is 5.75 Å². The number of ether oxygens (including phenoxy) is 1. The normalized spacial score (nSPS) is 9.90. The van der Waals surface area contributed by atoms with Crippen LogP contribution >= 0.6 is 31.9 Å². The van der Waals surface area contributed by atoms with Gasteiger partial charge in [0.15, 0.2) is 0 Å². The number of nitrogens with one attached hydrogen (secondary N) is 1. The van der Waals surface area contributed by atoms with Gasteiger partial charge >= 0.3 is 0 Å². The van der Waals surface area contributed by atoms with E-state index in [2.05, 4.69) is 43.2 Å². The first-order chi connectivity index (χ1) is 9.65. The summed E-state index contributed by atoms with van der Waals surface area (Å²) < 4.78 is 7.19.